The third-order valence-electron chi connectivity index (χ3n) is 4.77. The summed E-state index contributed by atoms with van der Waals surface area (Å²) >= 11 is 0. The molecule has 0 aliphatic heterocycles. The fourth-order valence-electron chi connectivity index (χ4n) is 2.95. The Bertz CT molecular complexity index is 404. The van der Waals surface area contributed by atoms with Gasteiger partial charge >= 0.3 is 0 Å². The van der Waals surface area contributed by atoms with Crippen LogP contribution in [-0.4, -0.2) is 17.6 Å². The van der Waals surface area contributed by atoms with Crippen molar-refractivity contribution in [3.8, 4) is 0 Å². The maximum absolute atomic E-state index is 5.91. The lowest BCUT2D eigenvalue weighted by Gasteiger charge is -2.05. The Labute approximate surface area is 110 Å². The Hall–Kier alpha value is -0.830. The van der Waals surface area contributed by atoms with Crippen LogP contribution in [0.1, 0.15) is 59.1 Å². The molecule has 3 heteroatoms. The molecule has 0 unspecified atom stereocenters. The largest absolute Gasteiger partial charge is 0.445 e. The van der Waals surface area contributed by atoms with Crippen LogP contribution in [0.15, 0.2) is 10.6 Å². The highest BCUT2D eigenvalue weighted by Gasteiger charge is 2.66. The average Bonchev–Trinajstić information content (AvgIpc) is 2.60. The second kappa shape index (κ2) is 4.37. The summed E-state index contributed by atoms with van der Waals surface area (Å²) in [6, 6.07) is 0.515. The fraction of sp³-hybridized carbons (Fsp3) is 0.800. The highest BCUT2D eigenvalue weighted by Crippen LogP contribution is 2.73. The van der Waals surface area contributed by atoms with E-state index in [4.69, 9.17) is 4.42 Å². The molecule has 1 heterocycles. The maximum Gasteiger partial charge on any atom is 0.195 e. The van der Waals surface area contributed by atoms with Crippen molar-refractivity contribution in [3.05, 3.63) is 17.8 Å². The summed E-state index contributed by atoms with van der Waals surface area (Å²) in [5, 5.41) is 3.38. The van der Waals surface area contributed by atoms with Crippen LogP contribution in [0.4, 0.5) is 0 Å². The van der Waals surface area contributed by atoms with Gasteiger partial charge in [-0.1, -0.05) is 41.5 Å². The molecule has 0 spiro atoms. The molecule has 0 amide bonds. The molecule has 1 aromatic heterocycles. The topological polar surface area (TPSA) is 38.1 Å². The Morgan fingerprint density at radius 3 is 2.39 bits per heavy atom. The molecule has 0 saturated heterocycles. The highest BCUT2D eigenvalue weighted by molar-refractivity contribution is 5.27. The normalized spacial score (nSPS) is 21.5. The molecule has 18 heavy (non-hydrogen) atoms. The van der Waals surface area contributed by atoms with Crippen LogP contribution < -0.4 is 5.32 Å². The van der Waals surface area contributed by atoms with Crippen molar-refractivity contribution in [1.82, 2.24) is 10.3 Å². The second-order valence-corrected chi connectivity index (χ2v) is 6.89. The van der Waals surface area contributed by atoms with Gasteiger partial charge in [0.25, 0.3) is 0 Å². The zero-order chi connectivity index (χ0) is 13.6. The van der Waals surface area contributed by atoms with Crippen LogP contribution in [-0.2, 0) is 6.42 Å². The van der Waals surface area contributed by atoms with Gasteiger partial charge < -0.3 is 9.73 Å². The van der Waals surface area contributed by atoms with Crippen LogP contribution in [0.2, 0.25) is 0 Å². The number of nitrogens with zero attached hydrogens (tertiary/aromatic N) is 1. The molecule has 0 radical (unpaired) electrons. The third-order valence-corrected chi connectivity index (χ3v) is 4.77. The van der Waals surface area contributed by atoms with Crippen molar-refractivity contribution >= 4 is 0 Å². The minimum absolute atomic E-state index is 0.319. The van der Waals surface area contributed by atoms with E-state index in [1.54, 1.807) is 0 Å². The van der Waals surface area contributed by atoms with Crippen LogP contribution >= 0.6 is 0 Å². The molecule has 1 aliphatic carbocycles. The highest BCUT2D eigenvalue weighted by atomic mass is 16.4. The van der Waals surface area contributed by atoms with Gasteiger partial charge in [-0.25, -0.2) is 4.98 Å². The molecular formula is C15H26N2O. The maximum atomic E-state index is 5.91. The van der Waals surface area contributed by atoms with E-state index >= 15 is 0 Å². The quantitative estimate of drug-likeness (QED) is 0.870. The van der Waals surface area contributed by atoms with Crippen LogP contribution in [0.5, 0.6) is 0 Å². The minimum Gasteiger partial charge on any atom is -0.445 e. The van der Waals surface area contributed by atoms with E-state index in [1.807, 2.05) is 6.20 Å². The van der Waals surface area contributed by atoms with Gasteiger partial charge in [-0.2, -0.15) is 0 Å². The summed E-state index contributed by atoms with van der Waals surface area (Å²) in [6.45, 7) is 14.4. The molecule has 1 aliphatic rings. The molecule has 1 aromatic rings. The molecule has 0 atom stereocenters. The Kier molecular flexibility index (Phi) is 3.30. The predicted molar refractivity (Wildman–Crippen MR) is 73.6 cm³/mol. The molecule has 2 rings (SSSR count). The molecule has 1 fully saturated rings. The molecule has 0 aromatic carbocycles. The summed E-state index contributed by atoms with van der Waals surface area (Å²) in [4.78, 5) is 4.40. The molecule has 0 bridgehead atoms. The van der Waals surface area contributed by atoms with Crippen molar-refractivity contribution in [2.75, 3.05) is 6.54 Å². The minimum atomic E-state index is 0.319. The summed E-state index contributed by atoms with van der Waals surface area (Å²) in [5.74, 6) is 2.42. The zero-order valence-electron chi connectivity index (χ0n) is 12.5. The summed E-state index contributed by atoms with van der Waals surface area (Å²) in [7, 11) is 0. The number of nitrogens with one attached hydrogen (secondary N) is 1. The first kappa shape index (κ1) is 13.6. The number of aromatic nitrogens is 1. The number of oxazole rings is 1. The third kappa shape index (κ3) is 2.20. The standard InChI is InChI=1S/C15H26N2O/c1-10(2)16-8-7-12-17-9-11(18-12)13-14(3,4)15(13,5)6/h9-10,13,16H,7-8H2,1-6H3. The fourth-order valence-corrected chi connectivity index (χ4v) is 2.95. The summed E-state index contributed by atoms with van der Waals surface area (Å²) in [5.41, 5.74) is 0.639. The molecule has 1 saturated carbocycles. The lowest BCUT2D eigenvalue weighted by Crippen LogP contribution is -2.24. The molecule has 3 nitrogen and oxygen atoms in total. The predicted octanol–water partition coefficient (Wildman–Crippen LogP) is 3.36. The molecular weight excluding hydrogens is 224 g/mol. The van der Waals surface area contributed by atoms with E-state index in [0.29, 0.717) is 22.8 Å². The molecule has 102 valence electrons. The Morgan fingerprint density at radius 2 is 1.89 bits per heavy atom. The lowest BCUT2D eigenvalue weighted by atomic mass is 10.0. The van der Waals surface area contributed by atoms with Crippen molar-refractivity contribution in [1.29, 1.82) is 0 Å². The van der Waals surface area contributed by atoms with E-state index in [-0.39, 0.29) is 0 Å². The van der Waals surface area contributed by atoms with Crippen LogP contribution in [0.3, 0.4) is 0 Å². The number of rotatable bonds is 5. The number of hydrogen-bond acceptors (Lipinski definition) is 3. The van der Waals surface area contributed by atoms with Gasteiger partial charge in [-0.3, -0.25) is 0 Å². The van der Waals surface area contributed by atoms with Crippen molar-refractivity contribution < 1.29 is 4.42 Å². The van der Waals surface area contributed by atoms with Gasteiger partial charge in [0, 0.05) is 24.9 Å². The van der Waals surface area contributed by atoms with Gasteiger partial charge in [-0.15, -0.1) is 0 Å². The number of hydrogen-bond donors (Lipinski definition) is 1. The van der Waals surface area contributed by atoms with Crippen molar-refractivity contribution in [3.63, 3.8) is 0 Å². The van der Waals surface area contributed by atoms with Crippen molar-refractivity contribution in [2.45, 2.75) is 59.9 Å². The first-order valence-electron chi connectivity index (χ1n) is 6.95. The Balaban J connectivity index is 1.96. The van der Waals surface area contributed by atoms with Gasteiger partial charge in [-0.05, 0) is 10.8 Å². The Morgan fingerprint density at radius 1 is 1.28 bits per heavy atom. The van der Waals surface area contributed by atoms with Crippen molar-refractivity contribution in [2.24, 2.45) is 10.8 Å². The van der Waals surface area contributed by atoms with E-state index < -0.39 is 0 Å². The van der Waals surface area contributed by atoms with E-state index in [1.165, 1.54) is 0 Å². The van der Waals surface area contributed by atoms with E-state index in [9.17, 15) is 0 Å². The smallest absolute Gasteiger partial charge is 0.195 e. The van der Waals surface area contributed by atoms with Gasteiger partial charge in [0.05, 0.1) is 6.20 Å². The lowest BCUT2D eigenvalue weighted by molar-refractivity contribution is 0.429. The van der Waals surface area contributed by atoms with Gasteiger partial charge in [0.15, 0.2) is 5.89 Å². The van der Waals surface area contributed by atoms with E-state index in [2.05, 4.69) is 51.8 Å². The monoisotopic (exact) mass is 250 g/mol. The zero-order valence-corrected chi connectivity index (χ0v) is 12.5. The van der Waals surface area contributed by atoms with Crippen LogP contribution in [0, 0.1) is 10.8 Å². The molecule has 1 N–H and O–H groups in total. The van der Waals surface area contributed by atoms with Crippen LogP contribution in [0.25, 0.3) is 0 Å². The average molecular weight is 250 g/mol. The SMILES string of the molecule is CC(C)NCCc1ncc(C2C(C)(C)C2(C)C)o1. The van der Waals surface area contributed by atoms with Gasteiger partial charge in [0.1, 0.15) is 5.76 Å². The van der Waals surface area contributed by atoms with E-state index in [0.717, 1.165) is 24.6 Å². The second-order valence-electron chi connectivity index (χ2n) is 6.89. The summed E-state index contributed by atoms with van der Waals surface area (Å²) in [6.07, 6.45) is 2.79. The van der Waals surface area contributed by atoms with Gasteiger partial charge in [0.2, 0.25) is 0 Å². The first-order chi connectivity index (χ1) is 8.26. The summed E-state index contributed by atoms with van der Waals surface area (Å²) < 4.78 is 5.91. The first-order valence-corrected chi connectivity index (χ1v) is 6.95.